The molecule has 8 nitrogen and oxygen atoms in total. The number of hydrogen-bond acceptors (Lipinski definition) is 6. The fraction of sp³-hybridized carbons (Fsp3) is 0.444. The van der Waals surface area contributed by atoms with Crippen molar-refractivity contribution in [2.24, 2.45) is 5.73 Å². The molecule has 1 aromatic heterocycles. The van der Waals surface area contributed by atoms with Gasteiger partial charge in [0.25, 0.3) is 5.91 Å². The molecule has 3 rings (SSSR count). The van der Waals surface area contributed by atoms with Crippen LogP contribution in [0.2, 0.25) is 0 Å². The lowest BCUT2D eigenvalue weighted by atomic mass is 10.1. The van der Waals surface area contributed by atoms with Crippen LogP contribution in [0.5, 0.6) is 0 Å². The van der Waals surface area contributed by atoms with Crippen LogP contribution in [-0.2, 0) is 16.6 Å². The minimum absolute atomic E-state index is 0. The van der Waals surface area contributed by atoms with Gasteiger partial charge < -0.3 is 15.2 Å². The molecule has 0 radical (unpaired) electrons. The summed E-state index contributed by atoms with van der Waals surface area (Å²) in [4.78, 5) is 14.6. The van der Waals surface area contributed by atoms with Crippen molar-refractivity contribution < 1.29 is 17.7 Å². The van der Waals surface area contributed by atoms with E-state index in [1.54, 1.807) is 30.9 Å². The second-order valence-electron chi connectivity index (χ2n) is 6.60. The number of benzene rings is 1. The van der Waals surface area contributed by atoms with E-state index in [1.165, 1.54) is 4.31 Å². The Morgan fingerprint density at radius 1 is 1.14 bits per heavy atom. The Morgan fingerprint density at radius 2 is 1.82 bits per heavy atom. The highest BCUT2D eigenvalue weighted by atomic mass is 35.5. The Kier molecular flexibility index (Phi) is 7.22. The highest BCUT2D eigenvalue weighted by molar-refractivity contribution is 7.89. The van der Waals surface area contributed by atoms with Crippen LogP contribution in [0.25, 0.3) is 0 Å². The molecule has 1 fully saturated rings. The van der Waals surface area contributed by atoms with E-state index in [0.29, 0.717) is 43.9 Å². The van der Waals surface area contributed by atoms with Crippen LogP contribution in [0.3, 0.4) is 0 Å². The zero-order valence-electron chi connectivity index (χ0n) is 15.9. The van der Waals surface area contributed by atoms with Gasteiger partial charge in [0, 0.05) is 38.3 Å². The molecule has 0 bridgehead atoms. The molecule has 0 unspecified atom stereocenters. The van der Waals surface area contributed by atoms with Gasteiger partial charge in [0.1, 0.15) is 10.6 Å². The average molecular weight is 429 g/mol. The molecule has 28 heavy (non-hydrogen) atoms. The summed E-state index contributed by atoms with van der Waals surface area (Å²) in [5.41, 5.74) is 7.48. The summed E-state index contributed by atoms with van der Waals surface area (Å²) in [6.45, 7) is 5.05. The van der Waals surface area contributed by atoms with Crippen LogP contribution >= 0.6 is 12.4 Å². The van der Waals surface area contributed by atoms with E-state index >= 15 is 0 Å². The molecule has 2 aromatic rings. The number of nitrogens with zero attached hydrogens (tertiary/aromatic N) is 3. The van der Waals surface area contributed by atoms with E-state index in [0.717, 1.165) is 5.56 Å². The lowest BCUT2D eigenvalue weighted by molar-refractivity contribution is 0.0764. The maximum Gasteiger partial charge on any atom is 0.253 e. The summed E-state index contributed by atoms with van der Waals surface area (Å²) < 4.78 is 32.4. The second-order valence-corrected chi connectivity index (χ2v) is 8.48. The van der Waals surface area contributed by atoms with Gasteiger partial charge in [-0.05, 0) is 38.0 Å². The SMILES string of the molecule is Cc1noc(C)c1S(=O)(=O)N1CCCN(C(=O)c2ccc(CN)cc2)CC1.Cl. The molecule has 0 aliphatic carbocycles. The van der Waals surface area contributed by atoms with Crippen LogP contribution in [0.4, 0.5) is 0 Å². The number of rotatable bonds is 4. The van der Waals surface area contributed by atoms with Crippen molar-refractivity contribution in [2.45, 2.75) is 31.7 Å². The van der Waals surface area contributed by atoms with Crippen LogP contribution in [0.1, 0.15) is 33.8 Å². The monoisotopic (exact) mass is 428 g/mol. The van der Waals surface area contributed by atoms with Gasteiger partial charge in [-0.15, -0.1) is 12.4 Å². The first-order chi connectivity index (χ1) is 12.8. The summed E-state index contributed by atoms with van der Waals surface area (Å²) >= 11 is 0. The van der Waals surface area contributed by atoms with Crippen LogP contribution in [0.15, 0.2) is 33.7 Å². The van der Waals surface area contributed by atoms with Gasteiger partial charge in [-0.25, -0.2) is 8.42 Å². The van der Waals surface area contributed by atoms with Crippen molar-refractivity contribution in [3.05, 3.63) is 46.8 Å². The Balaban J connectivity index is 0.00000280. The van der Waals surface area contributed by atoms with E-state index in [2.05, 4.69) is 5.16 Å². The molecule has 0 atom stereocenters. The van der Waals surface area contributed by atoms with Crippen molar-refractivity contribution in [3.63, 3.8) is 0 Å². The van der Waals surface area contributed by atoms with E-state index < -0.39 is 10.0 Å². The molecule has 2 N–H and O–H groups in total. The highest BCUT2D eigenvalue weighted by Gasteiger charge is 2.33. The Morgan fingerprint density at radius 3 is 2.39 bits per heavy atom. The largest absolute Gasteiger partial charge is 0.360 e. The fourth-order valence-electron chi connectivity index (χ4n) is 3.28. The van der Waals surface area contributed by atoms with Gasteiger partial charge in [-0.2, -0.15) is 4.31 Å². The smallest absolute Gasteiger partial charge is 0.253 e. The minimum Gasteiger partial charge on any atom is -0.360 e. The number of aryl methyl sites for hydroxylation is 2. The lowest BCUT2D eigenvalue weighted by Crippen LogP contribution is -2.37. The van der Waals surface area contributed by atoms with Crippen molar-refractivity contribution in [3.8, 4) is 0 Å². The van der Waals surface area contributed by atoms with Crippen LogP contribution in [-0.4, -0.2) is 54.9 Å². The third-order valence-electron chi connectivity index (χ3n) is 4.74. The van der Waals surface area contributed by atoms with Crippen molar-refractivity contribution in [1.82, 2.24) is 14.4 Å². The van der Waals surface area contributed by atoms with Crippen molar-refractivity contribution in [1.29, 1.82) is 0 Å². The molecule has 0 spiro atoms. The first-order valence-corrected chi connectivity index (χ1v) is 10.3. The normalized spacial score (nSPS) is 15.8. The number of amides is 1. The van der Waals surface area contributed by atoms with Gasteiger partial charge in [0.05, 0.1) is 0 Å². The Bertz CT molecular complexity index is 908. The Labute approximate surface area is 171 Å². The number of sulfonamides is 1. The molecular weight excluding hydrogens is 404 g/mol. The van der Waals surface area contributed by atoms with Crippen LogP contribution in [0, 0.1) is 13.8 Å². The molecule has 2 heterocycles. The fourth-order valence-corrected chi connectivity index (χ4v) is 5.04. The van der Waals surface area contributed by atoms with E-state index in [4.69, 9.17) is 10.3 Å². The summed E-state index contributed by atoms with van der Waals surface area (Å²) in [5, 5.41) is 3.74. The first-order valence-electron chi connectivity index (χ1n) is 8.86. The lowest BCUT2D eigenvalue weighted by Gasteiger charge is -2.22. The summed E-state index contributed by atoms with van der Waals surface area (Å²) in [7, 11) is -3.70. The number of aromatic nitrogens is 1. The van der Waals surface area contributed by atoms with Gasteiger partial charge >= 0.3 is 0 Å². The Hall–Kier alpha value is -1.94. The molecular formula is C18H25ClN4O4S. The molecule has 10 heteroatoms. The molecule has 1 aliphatic rings. The molecule has 0 saturated carbocycles. The third-order valence-corrected chi connectivity index (χ3v) is 6.89. The van der Waals surface area contributed by atoms with Gasteiger partial charge in [0.15, 0.2) is 5.76 Å². The number of hydrogen-bond donors (Lipinski definition) is 1. The molecule has 1 aromatic carbocycles. The molecule has 1 amide bonds. The number of halogens is 1. The minimum atomic E-state index is -3.70. The molecule has 1 saturated heterocycles. The predicted octanol–water partition coefficient (Wildman–Crippen LogP) is 1.71. The second kappa shape index (κ2) is 9.04. The van der Waals surface area contributed by atoms with Crippen molar-refractivity contribution >= 4 is 28.3 Å². The molecule has 154 valence electrons. The topological polar surface area (TPSA) is 110 Å². The maximum absolute atomic E-state index is 13.0. The van der Waals surface area contributed by atoms with Crippen molar-refractivity contribution in [2.75, 3.05) is 26.2 Å². The third kappa shape index (κ3) is 4.38. The molecule has 1 aliphatic heterocycles. The summed E-state index contributed by atoms with van der Waals surface area (Å²) in [5.74, 6) is 0.180. The summed E-state index contributed by atoms with van der Waals surface area (Å²) in [6.07, 6.45) is 0.565. The highest BCUT2D eigenvalue weighted by Crippen LogP contribution is 2.24. The first kappa shape index (κ1) is 22.4. The van der Waals surface area contributed by atoms with E-state index in [1.807, 2.05) is 12.1 Å². The number of nitrogens with two attached hydrogens (primary N) is 1. The van der Waals surface area contributed by atoms with E-state index in [9.17, 15) is 13.2 Å². The average Bonchev–Trinajstić information content (AvgIpc) is 2.87. The quantitative estimate of drug-likeness (QED) is 0.793. The predicted molar refractivity (Wildman–Crippen MR) is 107 cm³/mol. The van der Waals surface area contributed by atoms with Gasteiger partial charge in [-0.3, -0.25) is 4.79 Å². The van der Waals surface area contributed by atoms with Gasteiger partial charge in [0.2, 0.25) is 10.0 Å². The number of carbonyl (C=O) groups is 1. The number of carbonyl (C=O) groups excluding carboxylic acids is 1. The van der Waals surface area contributed by atoms with Gasteiger partial charge in [-0.1, -0.05) is 17.3 Å². The summed E-state index contributed by atoms with van der Waals surface area (Å²) in [6, 6.07) is 7.18. The zero-order chi connectivity index (χ0) is 19.6. The standard InChI is InChI=1S/C18H24N4O4S.ClH/c1-13-17(14(2)26-20-13)27(24,25)22-9-3-8-21(10-11-22)18(23)16-6-4-15(12-19)5-7-16;/h4-7H,3,8-12,19H2,1-2H3;1H. The van der Waals surface area contributed by atoms with Crippen LogP contribution < -0.4 is 5.73 Å². The maximum atomic E-state index is 13.0. The zero-order valence-corrected chi connectivity index (χ0v) is 17.6. The van der Waals surface area contributed by atoms with E-state index in [-0.39, 0.29) is 35.5 Å².